The third-order valence-electron chi connectivity index (χ3n) is 2.92. The molecular formula is C12H12N2. The number of hydrogen-bond acceptors (Lipinski definition) is 1. The zero-order chi connectivity index (χ0) is 9.54. The van der Waals surface area contributed by atoms with Crippen molar-refractivity contribution in [3.05, 3.63) is 47.8 Å². The average molecular weight is 184 g/mol. The summed E-state index contributed by atoms with van der Waals surface area (Å²) in [7, 11) is 0. The summed E-state index contributed by atoms with van der Waals surface area (Å²) in [6.45, 7) is 2.25. The van der Waals surface area contributed by atoms with Crippen LogP contribution in [0.2, 0.25) is 0 Å². The lowest BCUT2D eigenvalue weighted by Gasteiger charge is -2.22. The molecule has 0 amide bonds. The van der Waals surface area contributed by atoms with E-state index in [1.165, 1.54) is 16.9 Å². The summed E-state index contributed by atoms with van der Waals surface area (Å²) in [6, 6.07) is 10.6. The van der Waals surface area contributed by atoms with Crippen LogP contribution in [-0.2, 0) is 6.42 Å². The molecular weight excluding hydrogens is 172 g/mol. The first-order chi connectivity index (χ1) is 6.86. The summed E-state index contributed by atoms with van der Waals surface area (Å²) < 4.78 is 2.06. The van der Waals surface area contributed by atoms with Gasteiger partial charge in [0.15, 0.2) is 0 Å². The molecule has 70 valence electrons. The highest BCUT2D eigenvalue weighted by Gasteiger charge is 2.20. The number of benzene rings is 1. The normalized spacial score (nSPS) is 18.8. The summed E-state index contributed by atoms with van der Waals surface area (Å²) in [5.74, 6) is 0.576. The zero-order valence-corrected chi connectivity index (χ0v) is 8.14. The van der Waals surface area contributed by atoms with Crippen molar-refractivity contribution in [2.75, 3.05) is 0 Å². The van der Waals surface area contributed by atoms with Crippen LogP contribution in [-0.4, -0.2) is 9.78 Å². The Labute approximate surface area is 83.2 Å². The van der Waals surface area contributed by atoms with Gasteiger partial charge in [-0.15, -0.1) is 0 Å². The molecule has 2 heterocycles. The van der Waals surface area contributed by atoms with Crippen LogP contribution < -0.4 is 0 Å². The van der Waals surface area contributed by atoms with Crippen molar-refractivity contribution in [2.24, 2.45) is 0 Å². The second-order valence-electron chi connectivity index (χ2n) is 3.90. The molecule has 2 aromatic rings. The predicted octanol–water partition coefficient (Wildman–Crippen LogP) is 2.53. The maximum absolute atomic E-state index is 4.37. The van der Waals surface area contributed by atoms with Gasteiger partial charge in [-0.1, -0.05) is 25.1 Å². The molecule has 1 unspecified atom stereocenters. The fourth-order valence-corrected chi connectivity index (χ4v) is 2.21. The molecule has 1 aromatic heterocycles. The van der Waals surface area contributed by atoms with Crippen molar-refractivity contribution in [2.45, 2.75) is 19.3 Å². The van der Waals surface area contributed by atoms with Gasteiger partial charge in [-0.25, -0.2) is 4.68 Å². The predicted molar refractivity (Wildman–Crippen MR) is 55.7 cm³/mol. The Morgan fingerprint density at radius 1 is 1.29 bits per heavy atom. The molecule has 0 radical (unpaired) electrons. The molecule has 0 N–H and O–H groups in total. The summed E-state index contributed by atoms with van der Waals surface area (Å²) in [5, 5.41) is 4.37. The minimum Gasteiger partial charge on any atom is -0.237 e. The number of rotatable bonds is 0. The maximum atomic E-state index is 4.37. The Balaban J connectivity index is 2.29. The molecule has 2 heteroatoms. The lowest BCUT2D eigenvalue weighted by Crippen LogP contribution is -2.15. The highest BCUT2D eigenvalue weighted by atomic mass is 15.3. The van der Waals surface area contributed by atoms with Crippen molar-refractivity contribution >= 4 is 0 Å². The van der Waals surface area contributed by atoms with Crippen molar-refractivity contribution in [1.29, 1.82) is 0 Å². The van der Waals surface area contributed by atoms with Crippen molar-refractivity contribution in [1.82, 2.24) is 9.78 Å². The molecule has 0 fully saturated rings. The van der Waals surface area contributed by atoms with Gasteiger partial charge in [-0.05, 0) is 24.1 Å². The minimum absolute atomic E-state index is 0.576. The highest BCUT2D eigenvalue weighted by Crippen LogP contribution is 2.30. The monoisotopic (exact) mass is 184 g/mol. The summed E-state index contributed by atoms with van der Waals surface area (Å²) in [5.41, 5.74) is 3.96. The number of para-hydroxylation sites is 1. The van der Waals surface area contributed by atoms with Crippen molar-refractivity contribution < 1.29 is 0 Å². The molecule has 1 aliphatic rings. The summed E-state index contributed by atoms with van der Waals surface area (Å²) >= 11 is 0. The third-order valence-corrected chi connectivity index (χ3v) is 2.92. The number of aromatic nitrogens is 2. The van der Waals surface area contributed by atoms with Gasteiger partial charge in [0.25, 0.3) is 0 Å². The minimum atomic E-state index is 0.576. The van der Waals surface area contributed by atoms with Crippen LogP contribution in [0.1, 0.15) is 24.1 Å². The van der Waals surface area contributed by atoms with Gasteiger partial charge in [0.2, 0.25) is 0 Å². The topological polar surface area (TPSA) is 17.8 Å². The van der Waals surface area contributed by atoms with Gasteiger partial charge in [-0.2, -0.15) is 5.10 Å². The lowest BCUT2D eigenvalue weighted by atomic mass is 9.93. The molecule has 1 aliphatic heterocycles. The third kappa shape index (κ3) is 0.939. The van der Waals surface area contributed by atoms with E-state index in [-0.39, 0.29) is 0 Å². The molecule has 1 aromatic carbocycles. The van der Waals surface area contributed by atoms with E-state index >= 15 is 0 Å². The van der Waals surface area contributed by atoms with Gasteiger partial charge in [0, 0.05) is 17.8 Å². The van der Waals surface area contributed by atoms with Gasteiger partial charge < -0.3 is 0 Å². The van der Waals surface area contributed by atoms with E-state index in [4.69, 9.17) is 0 Å². The van der Waals surface area contributed by atoms with Crippen LogP contribution >= 0.6 is 0 Å². The molecule has 2 nitrogen and oxygen atoms in total. The molecule has 0 saturated heterocycles. The Kier molecular flexibility index (Phi) is 1.51. The second kappa shape index (κ2) is 2.71. The second-order valence-corrected chi connectivity index (χ2v) is 3.90. The van der Waals surface area contributed by atoms with Crippen molar-refractivity contribution in [3.63, 3.8) is 0 Å². The van der Waals surface area contributed by atoms with Crippen molar-refractivity contribution in [3.8, 4) is 5.69 Å². The van der Waals surface area contributed by atoms with Crippen LogP contribution in [0.3, 0.4) is 0 Å². The van der Waals surface area contributed by atoms with E-state index in [1.807, 2.05) is 6.20 Å². The lowest BCUT2D eigenvalue weighted by molar-refractivity contribution is 0.641. The van der Waals surface area contributed by atoms with Gasteiger partial charge in [-0.3, -0.25) is 0 Å². The Hall–Kier alpha value is -1.57. The van der Waals surface area contributed by atoms with Crippen LogP contribution in [0, 0.1) is 0 Å². The van der Waals surface area contributed by atoms with Gasteiger partial charge in [0.1, 0.15) is 0 Å². The van der Waals surface area contributed by atoms with E-state index in [0.29, 0.717) is 5.92 Å². The van der Waals surface area contributed by atoms with Crippen LogP contribution in [0.4, 0.5) is 0 Å². The first kappa shape index (κ1) is 7.80. The number of hydrogen-bond donors (Lipinski definition) is 0. The molecule has 3 rings (SSSR count). The zero-order valence-electron chi connectivity index (χ0n) is 8.14. The summed E-state index contributed by atoms with van der Waals surface area (Å²) in [4.78, 5) is 0. The fraction of sp³-hybridized carbons (Fsp3) is 0.250. The molecule has 0 saturated carbocycles. The molecule has 0 bridgehead atoms. The maximum Gasteiger partial charge on any atom is 0.0681 e. The first-order valence-electron chi connectivity index (χ1n) is 4.98. The quantitative estimate of drug-likeness (QED) is 0.615. The van der Waals surface area contributed by atoms with Gasteiger partial charge in [0.05, 0.1) is 5.69 Å². The molecule has 14 heavy (non-hydrogen) atoms. The van der Waals surface area contributed by atoms with E-state index in [9.17, 15) is 0 Å². The number of fused-ring (bicyclic) bond motifs is 3. The SMILES string of the molecule is CC1Cc2ccccc2-n2nccc21. The van der Waals surface area contributed by atoms with E-state index < -0.39 is 0 Å². The fourth-order valence-electron chi connectivity index (χ4n) is 2.21. The molecule has 0 spiro atoms. The van der Waals surface area contributed by atoms with Crippen LogP contribution in [0.25, 0.3) is 5.69 Å². The van der Waals surface area contributed by atoms with E-state index in [2.05, 4.69) is 47.0 Å². The first-order valence-corrected chi connectivity index (χ1v) is 4.98. The number of nitrogens with zero attached hydrogens (tertiary/aromatic N) is 2. The molecule has 1 atom stereocenters. The van der Waals surface area contributed by atoms with E-state index in [1.54, 1.807) is 0 Å². The van der Waals surface area contributed by atoms with Gasteiger partial charge >= 0.3 is 0 Å². The average Bonchev–Trinajstić information content (AvgIpc) is 2.67. The summed E-state index contributed by atoms with van der Waals surface area (Å²) in [6.07, 6.45) is 3.01. The Morgan fingerprint density at radius 2 is 2.14 bits per heavy atom. The molecule has 0 aliphatic carbocycles. The Morgan fingerprint density at radius 3 is 3.07 bits per heavy atom. The van der Waals surface area contributed by atoms with E-state index in [0.717, 1.165) is 6.42 Å². The van der Waals surface area contributed by atoms with Crippen LogP contribution in [0.15, 0.2) is 36.5 Å². The van der Waals surface area contributed by atoms with Crippen LogP contribution in [0.5, 0.6) is 0 Å². The smallest absolute Gasteiger partial charge is 0.0681 e. The standard InChI is InChI=1S/C12H12N2/c1-9-8-10-4-2-3-5-12(10)14-11(9)6-7-13-14/h2-7,9H,8H2,1H3. The largest absolute Gasteiger partial charge is 0.237 e. The Bertz CT molecular complexity index is 471. The highest BCUT2D eigenvalue weighted by molar-refractivity contribution is 5.45.